The molecule has 4 heteroatoms. The van der Waals surface area contributed by atoms with E-state index in [0.29, 0.717) is 6.42 Å². The van der Waals surface area contributed by atoms with Gasteiger partial charge in [0.2, 0.25) is 0 Å². The predicted molar refractivity (Wildman–Crippen MR) is 75.1 cm³/mol. The molecule has 0 aliphatic heterocycles. The second-order valence-corrected chi connectivity index (χ2v) is 4.19. The van der Waals surface area contributed by atoms with Crippen molar-refractivity contribution in [1.82, 2.24) is 0 Å². The molecule has 0 bridgehead atoms. The topological polar surface area (TPSA) is 46.5 Å². The summed E-state index contributed by atoms with van der Waals surface area (Å²) in [4.78, 5) is 10.7. The maximum absolute atomic E-state index is 10.7. The highest BCUT2D eigenvalue weighted by molar-refractivity contribution is 7.75. The fourth-order valence-electron chi connectivity index (χ4n) is 1.45. The molecule has 0 rings (SSSR count). The highest BCUT2D eigenvalue weighted by Crippen LogP contribution is 2.09. The third-order valence-electron chi connectivity index (χ3n) is 2.34. The van der Waals surface area contributed by atoms with Gasteiger partial charge in [0.05, 0.1) is 0 Å². The molecule has 0 heterocycles. The molecule has 17 heavy (non-hydrogen) atoms. The van der Waals surface area contributed by atoms with Crippen molar-refractivity contribution in [2.45, 2.75) is 71.6 Å². The summed E-state index contributed by atoms with van der Waals surface area (Å²) in [5, 5.41) is 7.57. The van der Waals surface area contributed by atoms with Gasteiger partial charge in [0, 0.05) is 25.9 Å². The van der Waals surface area contributed by atoms with E-state index < -0.39 is 0 Å². The Bertz CT molecular complexity index is 152. The number of carbonyl (C=O) groups excluding carboxylic acids is 1. The lowest BCUT2D eigenvalue weighted by atomic mass is 10.1. The molecule has 0 aromatic carbocycles. The van der Waals surface area contributed by atoms with Gasteiger partial charge in [-0.3, -0.25) is 4.79 Å². The molecule has 0 saturated heterocycles. The van der Waals surface area contributed by atoms with E-state index in [1.165, 1.54) is 38.5 Å². The predicted octanol–water partition coefficient (Wildman–Crippen LogP) is 3.90. The maximum Gasteiger partial charge on any atom is 0.317 e. The van der Waals surface area contributed by atoms with Gasteiger partial charge in [0.25, 0.3) is 0 Å². The summed E-state index contributed by atoms with van der Waals surface area (Å²) in [7, 11) is 0. The van der Waals surface area contributed by atoms with Crippen molar-refractivity contribution in [3.05, 3.63) is 0 Å². The second-order valence-electron chi connectivity index (χ2n) is 4.00. The van der Waals surface area contributed by atoms with Gasteiger partial charge in [-0.25, -0.2) is 0 Å². The Kier molecular flexibility index (Phi) is 20.4. The fraction of sp³-hybridized carbons (Fsp3) is 0.923. The van der Waals surface area contributed by atoms with Crippen molar-refractivity contribution in [2.75, 3.05) is 6.61 Å². The molecule has 0 amide bonds. The number of hydrogen-bond acceptors (Lipinski definition) is 4. The van der Waals surface area contributed by atoms with Gasteiger partial charge in [0.15, 0.2) is 0 Å². The van der Waals surface area contributed by atoms with Crippen LogP contribution in [0.3, 0.4) is 0 Å². The van der Waals surface area contributed by atoms with Crippen LogP contribution in [0.15, 0.2) is 0 Å². The highest BCUT2D eigenvalue weighted by Gasteiger charge is 1.99. The standard InChI is InChI=1S/C11H22O2S.C2H6O/c1-2-3-4-5-6-7-8-9-10-11(12)13-14;1-2-3/h14H,2-10H2,1H3;3H,2H2,1H3. The molecule has 0 spiro atoms. The van der Waals surface area contributed by atoms with Crippen molar-refractivity contribution in [3.63, 3.8) is 0 Å². The molecule has 0 aliphatic rings. The highest BCUT2D eigenvalue weighted by atomic mass is 32.1. The van der Waals surface area contributed by atoms with Crippen LogP contribution in [0.4, 0.5) is 0 Å². The molecule has 0 saturated carbocycles. The number of thiol groups is 1. The Morgan fingerprint density at radius 3 is 1.82 bits per heavy atom. The second kappa shape index (κ2) is 18.2. The molecule has 0 aromatic rings. The Morgan fingerprint density at radius 2 is 1.41 bits per heavy atom. The van der Waals surface area contributed by atoms with Crippen molar-refractivity contribution >= 4 is 18.9 Å². The Labute approximate surface area is 112 Å². The number of aliphatic hydroxyl groups excluding tert-OH is 1. The van der Waals surface area contributed by atoms with Crippen LogP contribution >= 0.6 is 12.9 Å². The van der Waals surface area contributed by atoms with Crippen molar-refractivity contribution in [2.24, 2.45) is 0 Å². The average Bonchev–Trinajstić information content (AvgIpc) is 2.33. The molecular formula is C13H28O3S. The van der Waals surface area contributed by atoms with Crippen LogP contribution in [0.5, 0.6) is 0 Å². The molecule has 0 unspecified atom stereocenters. The van der Waals surface area contributed by atoms with Crippen LogP contribution in [-0.2, 0) is 8.98 Å². The van der Waals surface area contributed by atoms with Gasteiger partial charge in [-0.15, -0.1) is 0 Å². The smallest absolute Gasteiger partial charge is 0.317 e. The van der Waals surface area contributed by atoms with Crippen LogP contribution in [0, 0.1) is 0 Å². The van der Waals surface area contributed by atoms with Crippen molar-refractivity contribution in [3.8, 4) is 0 Å². The zero-order valence-corrected chi connectivity index (χ0v) is 12.2. The monoisotopic (exact) mass is 264 g/mol. The van der Waals surface area contributed by atoms with Crippen LogP contribution < -0.4 is 0 Å². The number of hydrogen-bond donors (Lipinski definition) is 2. The number of unbranched alkanes of at least 4 members (excludes halogenated alkanes) is 7. The number of carbonyl (C=O) groups is 1. The van der Waals surface area contributed by atoms with Gasteiger partial charge in [0.1, 0.15) is 0 Å². The van der Waals surface area contributed by atoms with Crippen molar-refractivity contribution < 1.29 is 14.1 Å². The first-order valence-corrected chi connectivity index (χ1v) is 7.04. The quantitative estimate of drug-likeness (QED) is 0.377. The summed E-state index contributed by atoms with van der Waals surface area (Å²) in [5.41, 5.74) is 0. The first kappa shape index (κ1) is 19.1. The minimum atomic E-state index is -0.209. The van der Waals surface area contributed by atoms with E-state index in [4.69, 9.17) is 5.11 Å². The Balaban J connectivity index is 0. The molecule has 3 nitrogen and oxygen atoms in total. The Hall–Kier alpha value is -0.220. The van der Waals surface area contributed by atoms with Crippen LogP contribution in [0.2, 0.25) is 0 Å². The van der Waals surface area contributed by atoms with E-state index in [2.05, 4.69) is 24.0 Å². The van der Waals surface area contributed by atoms with Gasteiger partial charge < -0.3 is 9.29 Å². The summed E-state index contributed by atoms with van der Waals surface area (Å²) < 4.78 is 4.27. The summed E-state index contributed by atoms with van der Waals surface area (Å²) >= 11 is 3.45. The third-order valence-corrected chi connectivity index (χ3v) is 2.54. The molecule has 0 fully saturated rings. The number of aliphatic hydroxyl groups is 1. The van der Waals surface area contributed by atoms with Crippen LogP contribution in [-0.4, -0.2) is 17.7 Å². The summed E-state index contributed by atoms with van der Waals surface area (Å²) in [6.07, 6.45) is 10.5. The average molecular weight is 264 g/mol. The first-order chi connectivity index (χ1) is 8.22. The van der Waals surface area contributed by atoms with Gasteiger partial charge in [-0.1, -0.05) is 51.9 Å². The zero-order valence-electron chi connectivity index (χ0n) is 11.3. The SMILES string of the molecule is CCCCCCCCCCC(=O)OS.CCO. The lowest BCUT2D eigenvalue weighted by Crippen LogP contribution is -1.95. The van der Waals surface area contributed by atoms with E-state index in [-0.39, 0.29) is 12.6 Å². The van der Waals surface area contributed by atoms with Gasteiger partial charge >= 0.3 is 5.97 Å². The maximum atomic E-state index is 10.7. The molecule has 0 aromatic heterocycles. The molecular weight excluding hydrogens is 236 g/mol. The molecule has 0 atom stereocenters. The fourth-order valence-corrected chi connectivity index (χ4v) is 1.54. The van der Waals surface area contributed by atoms with Gasteiger partial charge in [-0.05, 0) is 13.3 Å². The molecule has 104 valence electrons. The van der Waals surface area contributed by atoms with Gasteiger partial charge in [-0.2, -0.15) is 0 Å². The third kappa shape index (κ3) is 21.6. The summed E-state index contributed by atoms with van der Waals surface area (Å²) in [5.74, 6) is -0.209. The van der Waals surface area contributed by atoms with E-state index in [1.54, 1.807) is 6.92 Å². The minimum Gasteiger partial charge on any atom is -0.397 e. The summed E-state index contributed by atoms with van der Waals surface area (Å²) in [6.45, 7) is 4.16. The van der Waals surface area contributed by atoms with Crippen molar-refractivity contribution in [1.29, 1.82) is 0 Å². The normalized spacial score (nSPS) is 9.41. The largest absolute Gasteiger partial charge is 0.397 e. The van der Waals surface area contributed by atoms with E-state index >= 15 is 0 Å². The first-order valence-electron chi connectivity index (χ1n) is 6.67. The van der Waals surface area contributed by atoms with Crippen LogP contribution in [0.1, 0.15) is 71.6 Å². The van der Waals surface area contributed by atoms with E-state index in [1.807, 2.05) is 0 Å². The number of rotatable bonds is 9. The lowest BCUT2D eigenvalue weighted by Gasteiger charge is -2.00. The zero-order chi connectivity index (χ0) is 13.4. The minimum absolute atomic E-state index is 0.209. The van der Waals surface area contributed by atoms with E-state index in [9.17, 15) is 4.79 Å². The molecule has 1 N–H and O–H groups in total. The summed E-state index contributed by atoms with van der Waals surface area (Å²) in [6, 6.07) is 0. The van der Waals surface area contributed by atoms with E-state index in [0.717, 1.165) is 12.8 Å². The lowest BCUT2D eigenvalue weighted by molar-refractivity contribution is -0.132. The molecule has 0 radical (unpaired) electrons. The Morgan fingerprint density at radius 1 is 1.00 bits per heavy atom. The van der Waals surface area contributed by atoms with Crippen LogP contribution in [0.25, 0.3) is 0 Å². The molecule has 0 aliphatic carbocycles.